The summed E-state index contributed by atoms with van der Waals surface area (Å²) in [5.74, 6) is -2.05. The Bertz CT molecular complexity index is 1210. The van der Waals surface area contributed by atoms with Crippen molar-refractivity contribution >= 4 is 17.5 Å². The van der Waals surface area contributed by atoms with Gasteiger partial charge in [-0.25, -0.2) is 0 Å². The van der Waals surface area contributed by atoms with Crippen LogP contribution in [0.5, 0.6) is 17.2 Å². The van der Waals surface area contributed by atoms with Crippen molar-refractivity contribution < 1.29 is 29.3 Å². The number of aromatic hydroxyl groups is 2. The number of fused-ring (bicyclic) bond motifs is 3. The number of ether oxygens (including phenoxy) is 1. The molecule has 0 spiro atoms. The SMILES string of the molecule is COc1cccc2c1C(=O)c1c(O)c3c(c(O)c1C2=O)C[C@@H](C(=O)NCCCN(C)CCCN)CC3. The first kappa shape index (κ1) is 25.7. The zero-order valence-corrected chi connectivity index (χ0v) is 20.7. The topological polar surface area (TPSA) is 142 Å². The molecule has 2 aliphatic rings. The number of nitrogens with one attached hydrogen (secondary N) is 1. The number of hydrogen-bond acceptors (Lipinski definition) is 8. The quantitative estimate of drug-likeness (QED) is 0.260. The van der Waals surface area contributed by atoms with Crippen molar-refractivity contribution in [2.24, 2.45) is 11.7 Å². The average Bonchev–Trinajstić information content (AvgIpc) is 2.89. The number of nitrogens with two attached hydrogens (primary N) is 1. The number of methoxy groups -OCH3 is 1. The van der Waals surface area contributed by atoms with Crippen molar-refractivity contribution in [2.45, 2.75) is 32.1 Å². The lowest BCUT2D eigenvalue weighted by Gasteiger charge is -2.29. The highest BCUT2D eigenvalue weighted by atomic mass is 16.5. The van der Waals surface area contributed by atoms with E-state index in [0.29, 0.717) is 37.1 Å². The van der Waals surface area contributed by atoms with Crippen molar-refractivity contribution in [1.29, 1.82) is 0 Å². The van der Waals surface area contributed by atoms with Gasteiger partial charge in [0.25, 0.3) is 0 Å². The predicted octanol–water partition coefficient (Wildman–Crippen LogP) is 1.77. The Kier molecular flexibility index (Phi) is 7.61. The van der Waals surface area contributed by atoms with Crippen LogP contribution in [0.2, 0.25) is 0 Å². The Hall–Kier alpha value is -3.43. The van der Waals surface area contributed by atoms with Crippen LogP contribution in [0.1, 0.15) is 62.2 Å². The number of carbonyl (C=O) groups is 3. The summed E-state index contributed by atoms with van der Waals surface area (Å²) in [6.45, 7) is 2.94. The third-order valence-corrected chi connectivity index (χ3v) is 7.16. The van der Waals surface area contributed by atoms with Gasteiger partial charge in [-0.2, -0.15) is 0 Å². The van der Waals surface area contributed by atoms with E-state index in [9.17, 15) is 24.6 Å². The molecule has 0 aliphatic heterocycles. The van der Waals surface area contributed by atoms with Gasteiger partial charge >= 0.3 is 0 Å². The van der Waals surface area contributed by atoms with Crippen LogP contribution in [0.25, 0.3) is 0 Å². The van der Waals surface area contributed by atoms with Crippen LogP contribution in [0, 0.1) is 5.92 Å². The summed E-state index contributed by atoms with van der Waals surface area (Å²) < 4.78 is 5.27. The highest BCUT2D eigenvalue weighted by molar-refractivity contribution is 6.31. The van der Waals surface area contributed by atoms with Crippen molar-refractivity contribution in [3.8, 4) is 17.2 Å². The number of phenolic OH excluding ortho intramolecular Hbond substituents is 2. The molecule has 0 heterocycles. The van der Waals surface area contributed by atoms with E-state index in [1.54, 1.807) is 12.1 Å². The number of rotatable bonds is 9. The Balaban J connectivity index is 1.53. The number of phenols is 2. The molecule has 0 saturated heterocycles. The maximum atomic E-state index is 13.3. The molecule has 192 valence electrons. The number of carbonyl (C=O) groups excluding carboxylic acids is 3. The fraction of sp³-hybridized carbons (Fsp3) is 0.444. The molecule has 0 radical (unpaired) electrons. The second kappa shape index (κ2) is 10.7. The summed E-state index contributed by atoms with van der Waals surface area (Å²) in [5.41, 5.74) is 6.08. The monoisotopic (exact) mass is 495 g/mol. The second-order valence-corrected chi connectivity index (χ2v) is 9.48. The largest absolute Gasteiger partial charge is 0.507 e. The van der Waals surface area contributed by atoms with E-state index < -0.39 is 17.5 Å². The fourth-order valence-corrected chi connectivity index (χ4v) is 5.21. The summed E-state index contributed by atoms with van der Waals surface area (Å²) in [7, 11) is 3.42. The summed E-state index contributed by atoms with van der Waals surface area (Å²) in [5, 5.41) is 25.1. The standard InChI is InChI=1S/C27H33N3O6/c1-30(12-4-10-28)13-5-11-29-27(35)15-8-9-16-18(14-15)25(33)21-22(23(16)31)26(34)20-17(24(21)32)6-3-7-19(20)36-2/h3,6-7,15,31,33H,4-5,8-14,28H2,1-2H3,(H,29,35)/t15-/m0/s1. The van der Waals surface area contributed by atoms with E-state index >= 15 is 0 Å². The molecule has 2 aromatic rings. The van der Waals surface area contributed by atoms with E-state index in [1.165, 1.54) is 13.2 Å². The molecule has 1 amide bonds. The molecule has 0 bridgehead atoms. The molecule has 0 fully saturated rings. The van der Waals surface area contributed by atoms with Gasteiger partial charge < -0.3 is 30.9 Å². The van der Waals surface area contributed by atoms with E-state index in [-0.39, 0.29) is 51.8 Å². The summed E-state index contributed by atoms with van der Waals surface area (Å²) >= 11 is 0. The minimum Gasteiger partial charge on any atom is -0.507 e. The van der Waals surface area contributed by atoms with Gasteiger partial charge in [0.15, 0.2) is 5.78 Å². The number of ketones is 2. The van der Waals surface area contributed by atoms with Crippen LogP contribution >= 0.6 is 0 Å². The molecular formula is C27H33N3O6. The first-order valence-electron chi connectivity index (χ1n) is 12.3. The number of benzene rings is 2. The molecule has 2 aromatic carbocycles. The summed E-state index contributed by atoms with van der Waals surface area (Å²) in [6.07, 6.45) is 2.68. The minimum atomic E-state index is -0.566. The van der Waals surface area contributed by atoms with Crippen LogP contribution in [0.3, 0.4) is 0 Å². The van der Waals surface area contributed by atoms with Gasteiger partial charge in [0, 0.05) is 29.2 Å². The van der Waals surface area contributed by atoms with Crippen LogP contribution in [0.15, 0.2) is 18.2 Å². The zero-order chi connectivity index (χ0) is 26.0. The second-order valence-electron chi connectivity index (χ2n) is 9.48. The fourth-order valence-electron chi connectivity index (χ4n) is 5.21. The number of nitrogens with zero attached hydrogens (tertiary/aromatic N) is 1. The van der Waals surface area contributed by atoms with Crippen molar-refractivity contribution in [2.75, 3.05) is 40.3 Å². The molecule has 0 unspecified atom stereocenters. The molecule has 5 N–H and O–H groups in total. The van der Waals surface area contributed by atoms with Crippen LogP contribution in [0.4, 0.5) is 0 Å². The maximum absolute atomic E-state index is 13.3. The molecule has 4 rings (SSSR count). The lowest BCUT2D eigenvalue weighted by molar-refractivity contribution is -0.125. The minimum absolute atomic E-state index is 0.0777. The van der Waals surface area contributed by atoms with Crippen molar-refractivity contribution in [3.63, 3.8) is 0 Å². The third kappa shape index (κ3) is 4.56. The molecule has 2 aliphatic carbocycles. The van der Waals surface area contributed by atoms with Gasteiger partial charge in [0.1, 0.15) is 17.2 Å². The predicted molar refractivity (Wildman–Crippen MR) is 134 cm³/mol. The number of amides is 1. The molecule has 36 heavy (non-hydrogen) atoms. The van der Waals surface area contributed by atoms with Gasteiger partial charge in [-0.15, -0.1) is 0 Å². The van der Waals surface area contributed by atoms with Crippen LogP contribution in [-0.2, 0) is 17.6 Å². The molecule has 0 saturated carbocycles. The Morgan fingerprint density at radius 3 is 2.50 bits per heavy atom. The smallest absolute Gasteiger partial charge is 0.223 e. The molecule has 0 aromatic heterocycles. The Morgan fingerprint density at radius 2 is 1.78 bits per heavy atom. The van der Waals surface area contributed by atoms with Gasteiger partial charge in [-0.1, -0.05) is 12.1 Å². The van der Waals surface area contributed by atoms with Crippen molar-refractivity contribution in [1.82, 2.24) is 10.2 Å². The van der Waals surface area contributed by atoms with Crippen LogP contribution in [-0.4, -0.2) is 72.9 Å². The highest BCUT2D eigenvalue weighted by Gasteiger charge is 2.41. The van der Waals surface area contributed by atoms with E-state index in [4.69, 9.17) is 10.5 Å². The summed E-state index contributed by atoms with van der Waals surface area (Å²) in [4.78, 5) is 41.7. The zero-order valence-electron chi connectivity index (χ0n) is 20.7. The van der Waals surface area contributed by atoms with Crippen molar-refractivity contribution in [3.05, 3.63) is 51.6 Å². The average molecular weight is 496 g/mol. The van der Waals surface area contributed by atoms with Gasteiger partial charge in [-0.3, -0.25) is 14.4 Å². The molecule has 9 nitrogen and oxygen atoms in total. The lowest BCUT2D eigenvalue weighted by Crippen LogP contribution is -2.36. The van der Waals surface area contributed by atoms with Gasteiger partial charge in [0.05, 0.1) is 23.8 Å². The molecule has 9 heteroatoms. The normalized spacial score (nSPS) is 16.4. The van der Waals surface area contributed by atoms with Gasteiger partial charge in [-0.05, 0) is 64.9 Å². The third-order valence-electron chi connectivity index (χ3n) is 7.16. The maximum Gasteiger partial charge on any atom is 0.223 e. The van der Waals surface area contributed by atoms with E-state index in [0.717, 1.165) is 25.9 Å². The van der Waals surface area contributed by atoms with Crippen LogP contribution < -0.4 is 15.8 Å². The lowest BCUT2D eigenvalue weighted by atomic mass is 9.75. The summed E-state index contributed by atoms with van der Waals surface area (Å²) in [6, 6.07) is 4.67. The van der Waals surface area contributed by atoms with Gasteiger partial charge in [0.2, 0.25) is 11.7 Å². The Labute approximate surface area is 210 Å². The Morgan fingerprint density at radius 1 is 1.08 bits per heavy atom. The molecular weight excluding hydrogens is 462 g/mol. The number of hydrogen-bond donors (Lipinski definition) is 4. The highest BCUT2D eigenvalue weighted by Crippen LogP contribution is 2.47. The van der Waals surface area contributed by atoms with E-state index in [2.05, 4.69) is 10.2 Å². The van der Waals surface area contributed by atoms with E-state index in [1.807, 2.05) is 7.05 Å². The molecule has 1 atom stereocenters. The first-order valence-corrected chi connectivity index (χ1v) is 12.3. The first-order chi connectivity index (χ1) is 17.3.